The summed E-state index contributed by atoms with van der Waals surface area (Å²) in [7, 11) is 4.24. The first-order valence-corrected chi connectivity index (χ1v) is 4.31. The van der Waals surface area contributed by atoms with Crippen LogP contribution < -0.4 is 0 Å². The lowest BCUT2D eigenvalue weighted by Gasteiger charge is -2.45. The number of hydrogen-bond donors (Lipinski definition) is 0. The van der Waals surface area contributed by atoms with Crippen molar-refractivity contribution in [1.29, 1.82) is 0 Å². The number of rotatable bonds is 3. The van der Waals surface area contributed by atoms with E-state index in [1.165, 1.54) is 13.0 Å². The molecule has 1 aliphatic rings. The quantitative estimate of drug-likeness (QED) is 0.613. The average molecular weight is 157 g/mol. The Morgan fingerprint density at radius 2 is 2.18 bits per heavy atom. The molecule has 0 aliphatic carbocycles. The fourth-order valence-corrected chi connectivity index (χ4v) is 1.29. The summed E-state index contributed by atoms with van der Waals surface area (Å²) in [6.07, 6.45) is 1.71. The van der Waals surface area contributed by atoms with E-state index < -0.39 is 0 Å². The molecule has 2 atom stereocenters. The molecule has 1 heterocycles. The molecule has 0 aromatic carbocycles. The van der Waals surface area contributed by atoms with Crippen molar-refractivity contribution in [3.05, 3.63) is 0 Å². The van der Waals surface area contributed by atoms with Gasteiger partial charge in [0.05, 0.1) is 12.7 Å². The normalized spacial score (nSPS) is 37.4. The molecule has 0 radical (unpaired) electrons. The Morgan fingerprint density at radius 3 is 2.45 bits per heavy atom. The summed E-state index contributed by atoms with van der Waals surface area (Å²) in [5.41, 5.74) is 0.449. The van der Waals surface area contributed by atoms with Crippen LogP contribution in [0.5, 0.6) is 0 Å². The second kappa shape index (κ2) is 3.11. The van der Waals surface area contributed by atoms with Gasteiger partial charge in [0.15, 0.2) is 0 Å². The first-order chi connectivity index (χ1) is 5.04. The maximum absolute atomic E-state index is 5.36. The Kier molecular flexibility index (Phi) is 2.55. The van der Waals surface area contributed by atoms with Crippen LogP contribution in [0.4, 0.5) is 0 Å². The highest BCUT2D eigenvalue weighted by Gasteiger charge is 2.40. The number of hydrogen-bond acceptors (Lipinski definition) is 2. The van der Waals surface area contributed by atoms with Gasteiger partial charge in [-0.25, -0.2) is 0 Å². The van der Waals surface area contributed by atoms with E-state index in [1.807, 2.05) is 0 Å². The molecular weight excluding hydrogens is 138 g/mol. The van der Waals surface area contributed by atoms with Crippen LogP contribution in [0.15, 0.2) is 0 Å². The number of nitrogens with zero attached hydrogens (tertiary/aromatic N) is 1. The third kappa shape index (κ3) is 1.94. The highest BCUT2D eigenvalue weighted by molar-refractivity contribution is 4.88. The molecule has 0 aromatic heterocycles. The molecule has 0 amide bonds. The van der Waals surface area contributed by atoms with E-state index in [2.05, 4.69) is 32.8 Å². The Labute approximate surface area is 69.5 Å². The summed E-state index contributed by atoms with van der Waals surface area (Å²) in [5, 5.41) is 0. The zero-order chi connectivity index (χ0) is 8.48. The number of ether oxygens (including phenoxy) is 1. The van der Waals surface area contributed by atoms with Gasteiger partial charge in [0.2, 0.25) is 0 Å². The molecule has 0 bridgehead atoms. The second-order valence-electron chi connectivity index (χ2n) is 4.16. The van der Waals surface area contributed by atoms with Crippen LogP contribution in [-0.4, -0.2) is 38.3 Å². The molecule has 2 nitrogen and oxygen atoms in total. The van der Waals surface area contributed by atoms with E-state index in [9.17, 15) is 0 Å². The largest absolute Gasteiger partial charge is 0.377 e. The zero-order valence-corrected chi connectivity index (χ0v) is 8.05. The predicted molar refractivity (Wildman–Crippen MR) is 46.7 cm³/mol. The smallest absolute Gasteiger partial charge is 0.0623 e. The van der Waals surface area contributed by atoms with Crippen LogP contribution in [0.3, 0.4) is 0 Å². The molecule has 0 spiro atoms. The first kappa shape index (κ1) is 9.01. The molecule has 0 aromatic rings. The third-order valence-corrected chi connectivity index (χ3v) is 2.77. The molecule has 1 saturated heterocycles. The fourth-order valence-electron chi connectivity index (χ4n) is 1.29. The zero-order valence-electron chi connectivity index (χ0n) is 8.05. The third-order valence-electron chi connectivity index (χ3n) is 2.77. The van der Waals surface area contributed by atoms with E-state index in [1.54, 1.807) is 0 Å². The van der Waals surface area contributed by atoms with Gasteiger partial charge in [0.1, 0.15) is 0 Å². The summed E-state index contributed by atoms with van der Waals surface area (Å²) in [6.45, 7) is 6.59. The summed E-state index contributed by atoms with van der Waals surface area (Å²) >= 11 is 0. The van der Waals surface area contributed by atoms with Crippen molar-refractivity contribution in [3.63, 3.8) is 0 Å². The lowest BCUT2D eigenvalue weighted by Crippen LogP contribution is -2.49. The molecule has 2 heteroatoms. The fraction of sp³-hybridized carbons (Fsp3) is 1.00. The molecular formula is C9H19NO. The maximum atomic E-state index is 5.36. The van der Waals surface area contributed by atoms with Crippen molar-refractivity contribution < 1.29 is 4.74 Å². The molecule has 0 saturated carbocycles. The summed E-state index contributed by atoms with van der Waals surface area (Å²) in [4.78, 5) is 2.23. The SMILES string of the molecule is CC1OCC1(C)CCN(C)C. The van der Waals surface area contributed by atoms with E-state index in [0.717, 1.165) is 6.61 Å². The average Bonchev–Trinajstić information content (AvgIpc) is 1.97. The van der Waals surface area contributed by atoms with Gasteiger partial charge < -0.3 is 9.64 Å². The van der Waals surface area contributed by atoms with Crippen LogP contribution in [0.1, 0.15) is 20.3 Å². The van der Waals surface area contributed by atoms with Crippen molar-refractivity contribution in [2.75, 3.05) is 27.2 Å². The summed E-state index contributed by atoms with van der Waals surface area (Å²) < 4.78 is 5.36. The van der Waals surface area contributed by atoms with Gasteiger partial charge in [0.25, 0.3) is 0 Å². The van der Waals surface area contributed by atoms with Gasteiger partial charge in [-0.1, -0.05) is 6.92 Å². The molecule has 0 N–H and O–H groups in total. The highest BCUT2D eigenvalue weighted by Crippen LogP contribution is 2.37. The van der Waals surface area contributed by atoms with Gasteiger partial charge in [-0.2, -0.15) is 0 Å². The molecule has 2 unspecified atom stereocenters. The van der Waals surface area contributed by atoms with Gasteiger partial charge in [-0.05, 0) is 34.0 Å². The van der Waals surface area contributed by atoms with Crippen LogP contribution in [0.25, 0.3) is 0 Å². The van der Waals surface area contributed by atoms with Crippen molar-refractivity contribution >= 4 is 0 Å². The summed E-state index contributed by atoms with van der Waals surface area (Å²) in [5.74, 6) is 0. The minimum atomic E-state index is 0.449. The summed E-state index contributed by atoms with van der Waals surface area (Å²) in [6, 6.07) is 0. The van der Waals surface area contributed by atoms with Crippen LogP contribution in [-0.2, 0) is 4.74 Å². The maximum Gasteiger partial charge on any atom is 0.0623 e. The lowest BCUT2D eigenvalue weighted by atomic mass is 9.78. The minimum absolute atomic E-state index is 0.449. The second-order valence-corrected chi connectivity index (χ2v) is 4.16. The Balaban J connectivity index is 2.25. The molecule has 1 rings (SSSR count). The first-order valence-electron chi connectivity index (χ1n) is 4.31. The van der Waals surface area contributed by atoms with Crippen molar-refractivity contribution in [2.24, 2.45) is 5.41 Å². The highest BCUT2D eigenvalue weighted by atomic mass is 16.5. The predicted octanol–water partition coefficient (Wildman–Crippen LogP) is 1.36. The van der Waals surface area contributed by atoms with Gasteiger partial charge in [-0.3, -0.25) is 0 Å². The van der Waals surface area contributed by atoms with E-state index in [0.29, 0.717) is 11.5 Å². The molecule has 66 valence electrons. The standard InChI is InChI=1S/C9H19NO/c1-8-9(2,7-11-8)5-6-10(3)4/h8H,5-7H2,1-4H3. The van der Waals surface area contributed by atoms with Gasteiger partial charge >= 0.3 is 0 Å². The van der Waals surface area contributed by atoms with Gasteiger partial charge in [0, 0.05) is 5.41 Å². The van der Waals surface area contributed by atoms with Crippen molar-refractivity contribution in [1.82, 2.24) is 4.90 Å². The lowest BCUT2D eigenvalue weighted by molar-refractivity contribution is -0.171. The van der Waals surface area contributed by atoms with Crippen molar-refractivity contribution in [3.8, 4) is 0 Å². The van der Waals surface area contributed by atoms with Crippen LogP contribution >= 0.6 is 0 Å². The Hall–Kier alpha value is -0.0800. The topological polar surface area (TPSA) is 12.5 Å². The molecule has 11 heavy (non-hydrogen) atoms. The molecule has 1 fully saturated rings. The molecule has 1 aliphatic heterocycles. The monoisotopic (exact) mass is 157 g/mol. The van der Waals surface area contributed by atoms with Crippen molar-refractivity contribution in [2.45, 2.75) is 26.4 Å². The van der Waals surface area contributed by atoms with Crippen LogP contribution in [0, 0.1) is 5.41 Å². The Bertz CT molecular complexity index is 136. The Morgan fingerprint density at radius 1 is 1.55 bits per heavy atom. The van der Waals surface area contributed by atoms with Gasteiger partial charge in [-0.15, -0.1) is 0 Å². The van der Waals surface area contributed by atoms with E-state index in [-0.39, 0.29) is 0 Å². The van der Waals surface area contributed by atoms with E-state index >= 15 is 0 Å². The van der Waals surface area contributed by atoms with Crippen LogP contribution in [0.2, 0.25) is 0 Å². The minimum Gasteiger partial charge on any atom is -0.377 e. The van der Waals surface area contributed by atoms with E-state index in [4.69, 9.17) is 4.74 Å².